The average molecular weight is 349 g/mol. The molecule has 0 radical (unpaired) electrons. The Morgan fingerprint density at radius 3 is 2.68 bits per heavy atom. The number of nitriles is 1. The van der Waals surface area contributed by atoms with Gasteiger partial charge in [-0.1, -0.05) is 19.0 Å². The third-order valence-electron chi connectivity index (χ3n) is 3.38. The average Bonchev–Trinajstić information content (AvgIpc) is 3.06. The Morgan fingerprint density at radius 1 is 1.40 bits per heavy atom. The molecule has 1 aromatic heterocycles. The van der Waals surface area contributed by atoms with Crippen molar-refractivity contribution in [1.29, 1.82) is 5.26 Å². The predicted molar refractivity (Wildman–Crippen MR) is 83.9 cm³/mol. The van der Waals surface area contributed by atoms with Crippen molar-refractivity contribution in [1.82, 2.24) is 10.5 Å². The number of halogens is 2. The van der Waals surface area contributed by atoms with Crippen LogP contribution in [0.15, 0.2) is 28.8 Å². The van der Waals surface area contributed by atoms with Crippen LogP contribution in [0.2, 0.25) is 0 Å². The molecule has 1 atom stereocenters. The zero-order valence-electron chi connectivity index (χ0n) is 14.0. The van der Waals surface area contributed by atoms with Crippen LogP contribution in [-0.2, 0) is 0 Å². The lowest BCUT2D eigenvalue weighted by Gasteiger charge is -2.22. The minimum absolute atomic E-state index is 0.0398. The van der Waals surface area contributed by atoms with Crippen molar-refractivity contribution < 1.29 is 22.8 Å². The van der Waals surface area contributed by atoms with E-state index in [2.05, 4.69) is 10.5 Å². The lowest BCUT2D eigenvalue weighted by molar-refractivity contribution is 0.0891. The molecule has 1 N–H and O–H groups in total. The second kappa shape index (κ2) is 7.30. The Bertz CT molecular complexity index is 814. The first-order valence-corrected chi connectivity index (χ1v) is 7.52. The van der Waals surface area contributed by atoms with Gasteiger partial charge in [0.15, 0.2) is 22.9 Å². The van der Waals surface area contributed by atoms with Crippen LogP contribution < -0.4 is 10.1 Å². The maximum Gasteiger partial charge on any atom is 0.274 e. The molecule has 6 nitrogen and oxygen atoms in total. The molecule has 0 fully saturated rings. The smallest absolute Gasteiger partial charge is 0.274 e. The van der Waals surface area contributed by atoms with E-state index in [1.165, 1.54) is 19.1 Å². The summed E-state index contributed by atoms with van der Waals surface area (Å²) in [5.41, 5.74) is -1.36. The highest BCUT2D eigenvalue weighted by atomic mass is 19.2. The van der Waals surface area contributed by atoms with Gasteiger partial charge < -0.3 is 14.6 Å². The summed E-state index contributed by atoms with van der Waals surface area (Å²) in [6.45, 7) is 4.94. The van der Waals surface area contributed by atoms with Gasteiger partial charge in [0.1, 0.15) is 18.1 Å². The van der Waals surface area contributed by atoms with Gasteiger partial charge >= 0.3 is 0 Å². The molecule has 0 spiro atoms. The van der Waals surface area contributed by atoms with E-state index in [0.29, 0.717) is 5.76 Å². The number of ether oxygens (including phenoxy) is 1. The summed E-state index contributed by atoms with van der Waals surface area (Å²) < 4.78 is 36.4. The van der Waals surface area contributed by atoms with Gasteiger partial charge in [-0.25, -0.2) is 8.78 Å². The van der Waals surface area contributed by atoms with Gasteiger partial charge in [-0.3, -0.25) is 4.79 Å². The van der Waals surface area contributed by atoms with Crippen LogP contribution in [0.25, 0.3) is 0 Å². The molecule has 0 aliphatic carbocycles. The first kappa shape index (κ1) is 18.4. The fraction of sp³-hybridized carbons (Fsp3) is 0.353. The SMILES string of the molecule is CC(C)c1cc(C(=O)NC(C)(C#N)COc2ccc(F)c(F)c2)no1. The Balaban J connectivity index is 2.04. The summed E-state index contributed by atoms with van der Waals surface area (Å²) in [5, 5.41) is 15.5. The van der Waals surface area contributed by atoms with Gasteiger partial charge in [0.2, 0.25) is 0 Å². The molecule has 1 aromatic carbocycles. The van der Waals surface area contributed by atoms with Crippen molar-refractivity contribution >= 4 is 5.91 Å². The number of hydrogen-bond acceptors (Lipinski definition) is 5. The summed E-state index contributed by atoms with van der Waals surface area (Å²) in [6.07, 6.45) is 0. The quantitative estimate of drug-likeness (QED) is 0.865. The lowest BCUT2D eigenvalue weighted by Crippen LogP contribution is -2.49. The monoisotopic (exact) mass is 349 g/mol. The van der Waals surface area contributed by atoms with Gasteiger partial charge in [0.05, 0.1) is 6.07 Å². The molecular weight excluding hydrogens is 332 g/mol. The predicted octanol–water partition coefficient (Wildman–Crippen LogP) is 3.17. The fourth-order valence-corrected chi connectivity index (χ4v) is 1.87. The Labute approximate surface area is 143 Å². The lowest BCUT2D eigenvalue weighted by atomic mass is 10.1. The molecule has 1 unspecified atom stereocenters. The van der Waals surface area contributed by atoms with Gasteiger partial charge in [-0.2, -0.15) is 5.26 Å². The van der Waals surface area contributed by atoms with Crippen LogP contribution in [0.3, 0.4) is 0 Å². The number of hydrogen-bond donors (Lipinski definition) is 1. The molecule has 1 heterocycles. The number of carbonyl (C=O) groups excluding carboxylic acids is 1. The summed E-state index contributed by atoms with van der Waals surface area (Å²) >= 11 is 0. The third kappa shape index (κ3) is 4.53. The van der Waals surface area contributed by atoms with Crippen LogP contribution in [0, 0.1) is 23.0 Å². The number of carbonyl (C=O) groups is 1. The van der Waals surface area contributed by atoms with E-state index >= 15 is 0 Å². The van der Waals surface area contributed by atoms with Crippen molar-refractivity contribution in [2.75, 3.05) is 6.61 Å². The van der Waals surface area contributed by atoms with Crippen LogP contribution >= 0.6 is 0 Å². The molecule has 0 saturated heterocycles. The summed E-state index contributed by atoms with van der Waals surface area (Å²) in [4.78, 5) is 12.2. The highest BCUT2D eigenvalue weighted by molar-refractivity contribution is 5.93. The minimum Gasteiger partial charge on any atom is -0.490 e. The summed E-state index contributed by atoms with van der Waals surface area (Å²) in [7, 11) is 0. The molecule has 0 aliphatic heterocycles. The number of nitrogens with one attached hydrogen (secondary N) is 1. The van der Waals surface area contributed by atoms with Crippen molar-refractivity contribution in [2.45, 2.75) is 32.2 Å². The first-order chi connectivity index (χ1) is 11.7. The Morgan fingerprint density at radius 2 is 2.12 bits per heavy atom. The maximum absolute atomic E-state index is 13.2. The van der Waals surface area contributed by atoms with E-state index in [0.717, 1.165) is 12.1 Å². The minimum atomic E-state index is -1.40. The number of nitrogens with zero attached hydrogens (tertiary/aromatic N) is 2. The van der Waals surface area contributed by atoms with E-state index in [4.69, 9.17) is 9.26 Å². The van der Waals surface area contributed by atoms with Crippen molar-refractivity contribution in [2.24, 2.45) is 0 Å². The van der Waals surface area contributed by atoms with E-state index in [9.17, 15) is 18.8 Å². The highest BCUT2D eigenvalue weighted by Crippen LogP contribution is 2.18. The van der Waals surface area contributed by atoms with Gasteiger partial charge in [0.25, 0.3) is 5.91 Å². The first-order valence-electron chi connectivity index (χ1n) is 7.52. The molecule has 8 heteroatoms. The van der Waals surface area contributed by atoms with Gasteiger partial charge in [-0.15, -0.1) is 0 Å². The zero-order chi connectivity index (χ0) is 18.6. The number of rotatable bonds is 6. The largest absolute Gasteiger partial charge is 0.490 e. The second-order valence-electron chi connectivity index (χ2n) is 6.03. The maximum atomic E-state index is 13.2. The number of amides is 1. The highest BCUT2D eigenvalue weighted by Gasteiger charge is 2.29. The summed E-state index contributed by atoms with van der Waals surface area (Å²) in [5.74, 6) is -2.03. The molecular formula is C17H17F2N3O3. The van der Waals surface area contributed by atoms with Crippen LogP contribution in [0.1, 0.15) is 42.9 Å². The van der Waals surface area contributed by atoms with Crippen molar-refractivity contribution in [3.63, 3.8) is 0 Å². The molecule has 0 saturated carbocycles. The number of benzene rings is 1. The molecule has 0 aliphatic rings. The Hall–Kier alpha value is -2.95. The molecule has 132 valence electrons. The van der Waals surface area contributed by atoms with Crippen LogP contribution in [-0.4, -0.2) is 23.2 Å². The summed E-state index contributed by atoms with van der Waals surface area (Å²) in [6, 6.07) is 6.42. The third-order valence-corrected chi connectivity index (χ3v) is 3.38. The van der Waals surface area contributed by atoms with Crippen LogP contribution in [0.5, 0.6) is 5.75 Å². The molecule has 25 heavy (non-hydrogen) atoms. The zero-order valence-corrected chi connectivity index (χ0v) is 14.0. The Kier molecular flexibility index (Phi) is 5.37. The van der Waals surface area contributed by atoms with E-state index in [1.807, 2.05) is 19.9 Å². The van der Waals surface area contributed by atoms with Crippen LogP contribution in [0.4, 0.5) is 8.78 Å². The van der Waals surface area contributed by atoms with E-state index in [-0.39, 0.29) is 24.0 Å². The molecule has 0 bridgehead atoms. The number of aromatic nitrogens is 1. The normalized spacial score (nSPS) is 13.2. The standard InChI is InChI=1S/C17H17F2N3O3/c1-10(2)15-7-14(22-25-15)16(23)21-17(3,8-20)9-24-11-4-5-12(18)13(19)6-11/h4-7,10H,9H2,1-3H3,(H,21,23). The van der Waals surface area contributed by atoms with Gasteiger partial charge in [0, 0.05) is 18.1 Å². The fourth-order valence-electron chi connectivity index (χ4n) is 1.87. The molecule has 1 amide bonds. The van der Waals surface area contributed by atoms with Crippen molar-refractivity contribution in [3.05, 3.63) is 47.4 Å². The van der Waals surface area contributed by atoms with Crippen molar-refractivity contribution in [3.8, 4) is 11.8 Å². The topological polar surface area (TPSA) is 88.2 Å². The molecule has 2 rings (SSSR count). The second-order valence-corrected chi connectivity index (χ2v) is 6.03. The van der Waals surface area contributed by atoms with E-state index < -0.39 is 23.1 Å². The van der Waals surface area contributed by atoms with Gasteiger partial charge in [-0.05, 0) is 19.1 Å². The molecule has 2 aromatic rings. The van der Waals surface area contributed by atoms with E-state index in [1.54, 1.807) is 0 Å².